The van der Waals surface area contributed by atoms with Gasteiger partial charge < -0.3 is 5.11 Å². The molecule has 1 rings (SSSR count). The Morgan fingerprint density at radius 1 is 1.53 bits per heavy atom. The van der Waals surface area contributed by atoms with Gasteiger partial charge in [0.05, 0.1) is 21.8 Å². The molecule has 3 nitrogen and oxygen atoms in total. The Kier molecular flexibility index (Phi) is 4.80. The van der Waals surface area contributed by atoms with Gasteiger partial charge in [0, 0.05) is 19.3 Å². The number of aliphatic hydroxyl groups is 1. The Morgan fingerprint density at radius 3 is 2.73 bits per heavy atom. The van der Waals surface area contributed by atoms with Crippen molar-refractivity contribution in [3.8, 4) is 0 Å². The Hall–Kier alpha value is -0.350. The molecule has 0 fully saturated rings. The molecule has 0 aliphatic rings. The highest BCUT2D eigenvalue weighted by Crippen LogP contribution is 2.19. The topological polar surface area (TPSA) is 36.4 Å². The molecule has 0 aromatic carbocycles. The number of hydrogen-bond donors (Lipinski definition) is 1. The monoisotopic (exact) mass is 248 g/mol. The summed E-state index contributed by atoms with van der Waals surface area (Å²) in [5.41, 5.74) is 0.768. The van der Waals surface area contributed by atoms with Crippen LogP contribution in [0.15, 0.2) is 12.3 Å². The van der Waals surface area contributed by atoms with Crippen LogP contribution in [0.5, 0.6) is 0 Å². The summed E-state index contributed by atoms with van der Waals surface area (Å²) in [7, 11) is 1.90. The van der Waals surface area contributed by atoms with Crippen molar-refractivity contribution in [2.24, 2.45) is 0 Å². The number of hydrogen-bond acceptors (Lipinski definition) is 3. The first-order valence-electron chi connectivity index (χ1n) is 4.65. The standard InChI is InChI=1S/C10H14Cl2N2O/c1-7(15)5-14(2)6-10-9(12)3-8(11)4-13-10/h3-4,7,15H,5-6H2,1-2H3. The number of aliphatic hydroxyl groups excluding tert-OH is 1. The van der Waals surface area contributed by atoms with E-state index in [-0.39, 0.29) is 6.10 Å². The second kappa shape index (κ2) is 5.66. The fourth-order valence-corrected chi connectivity index (χ4v) is 1.77. The molecule has 0 aliphatic carbocycles. The van der Waals surface area contributed by atoms with Gasteiger partial charge in [0.15, 0.2) is 0 Å². The van der Waals surface area contributed by atoms with E-state index in [9.17, 15) is 5.11 Å². The van der Waals surface area contributed by atoms with Crippen molar-refractivity contribution in [1.82, 2.24) is 9.88 Å². The molecule has 1 aromatic heterocycles. The number of rotatable bonds is 4. The first-order valence-corrected chi connectivity index (χ1v) is 5.41. The summed E-state index contributed by atoms with van der Waals surface area (Å²) in [5, 5.41) is 10.3. The Labute approximate surface area is 99.6 Å². The third-order valence-electron chi connectivity index (χ3n) is 1.88. The van der Waals surface area contributed by atoms with Gasteiger partial charge in [-0.15, -0.1) is 0 Å². The molecule has 5 heteroatoms. The number of pyridine rings is 1. The van der Waals surface area contributed by atoms with Crippen LogP contribution in [0.1, 0.15) is 12.6 Å². The van der Waals surface area contributed by atoms with Crippen LogP contribution in [0, 0.1) is 0 Å². The fraction of sp³-hybridized carbons (Fsp3) is 0.500. The quantitative estimate of drug-likeness (QED) is 0.888. The molecule has 0 bridgehead atoms. The molecule has 0 aliphatic heterocycles. The van der Waals surface area contributed by atoms with Crippen molar-refractivity contribution in [2.45, 2.75) is 19.6 Å². The maximum absolute atomic E-state index is 9.20. The van der Waals surface area contributed by atoms with E-state index in [4.69, 9.17) is 23.2 Å². The summed E-state index contributed by atoms with van der Waals surface area (Å²) in [5.74, 6) is 0. The van der Waals surface area contributed by atoms with E-state index in [1.54, 1.807) is 19.2 Å². The number of likely N-dealkylation sites (N-methyl/N-ethyl adjacent to an activating group) is 1. The second-order valence-corrected chi connectivity index (χ2v) is 4.47. The first-order chi connectivity index (χ1) is 6.99. The van der Waals surface area contributed by atoms with Crippen LogP contribution < -0.4 is 0 Å². The molecule has 0 radical (unpaired) electrons. The average molecular weight is 249 g/mol. The van der Waals surface area contributed by atoms with Crippen molar-refractivity contribution in [2.75, 3.05) is 13.6 Å². The van der Waals surface area contributed by atoms with E-state index in [1.807, 2.05) is 11.9 Å². The number of halogens is 2. The Morgan fingerprint density at radius 2 is 2.20 bits per heavy atom. The van der Waals surface area contributed by atoms with E-state index in [2.05, 4.69) is 4.98 Å². The van der Waals surface area contributed by atoms with Crippen LogP contribution in [-0.4, -0.2) is 34.7 Å². The molecular formula is C10H14Cl2N2O. The predicted octanol–water partition coefficient (Wildman–Crippen LogP) is 2.20. The van der Waals surface area contributed by atoms with Crippen molar-refractivity contribution >= 4 is 23.2 Å². The first kappa shape index (κ1) is 12.7. The molecule has 0 saturated heterocycles. The van der Waals surface area contributed by atoms with Crippen LogP contribution in [0.25, 0.3) is 0 Å². The zero-order valence-corrected chi connectivity index (χ0v) is 10.3. The average Bonchev–Trinajstić information content (AvgIpc) is 2.08. The highest BCUT2D eigenvalue weighted by molar-refractivity contribution is 6.34. The smallest absolute Gasteiger partial charge is 0.0730 e. The van der Waals surface area contributed by atoms with Gasteiger partial charge in [-0.25, -0.2) is 0 Å². The summed E-state index contributed by atoms with van der Waals surface area (Å²) < 4.78 is 0. The lowest BCUT2D eigenvalue weighted by molar-refractivity contribution is 0.138. The summed E-state index contributed by atoms with van der Waals surface area (Å²) >= 11 is 11.7. The van der Waals surface area contributed by atoms with E-state index in [0.29, 0.717) is 23.1 Å². The summed E-state index contributed by atoms with van der Waals surface area (Å²) in [6.45, 7) is 2.93. The van der Waals surface area contributed by atoms with Gasteiger partial charge in [-0.3, -0.25) is 9.88 Å². The Balaban J connectivity index is 2.64. The minimum atomic E-state index is -0.360. The van der Waals surface area contributed by atoms with Gasteiger partial charge in [0.25, 0.3) is 0 Å². The van der Waals surface area contributed by atoms with Crippen LogP contribution in [0.4, 0.5) is 0 Å². The van der Waals surface area contributed by atoms with E-state index >= 15 is 0 Å². The molecule has 1 aromatic rings. The maximum Gasteiger partial charge on any atom is 0.0730 e. The van der Waals surface area contributed by atoms with E-state index < -0.39 is 0 Å². The van der Waals surface area contributed by atoms with Gasteiger partial charge in [-0.05, 0) is 20.0 Å². The molecule has 0 spiro atoms. The predicted molar refractivity (Wildman–Crippen MR) is 62.3 cm³/mol. The molecule has 0 amide bonds. The molecular weight excluding hydrogens is 235 g/mol. The lowest BCUT2D eigenvalue weighted by atomic mass is 10.3. The van der Waals surface area contributed by atoms with Crippen LogP contribution in [-0.2, 0) is 6.54 Å². The van der Waals surface area contributed by atoms with Crippen LogP contribution >= 0.6 is 23.2 Å². The van der Waals surface area contributed by atoms with Crippen molar-refractivity contribution < 1.29 is 5.11 Å². The minimum Gasteiger partial charge on any atom is -0.392 e. The Bertz CT molecular complexity index is 331. The maximum atomic E-state index is 9.20. The van der Waals surface area contributed by atoms with E-state index in [0.717, 1.165) is 5.69 Å². The van der Waals surface area contributed by atoms with Crippen LogP contribution in [0.2, 0.25) is 10.0 Å². The lowest BCUT2D eigenvalue weighted by Crippen LogP contribution is -2.27. The van der Waals surface area contributed by atoms with Crippen molar-refractivity contribution in [3.63, 3.8) is 0 Å². The van der Waals surface area contributed by atoms with E-state index in [1.165, 1.54) is 0 Å². The molecule has 1 unspecified atom stereocenters. The third-order valence-corrected chi connectivity index (χ3v) is 2.41. The largest absolute Gasteiger partial charge is 0.392 e. The molecule has 84 valence electrons. The zero-order chi connectivity index (χ0) is 11.4. The number of aromatic nitrogens is 1. The van der Waals surface area contributed by atoms with Gasteiger partial charge >= 0.3 is 0 Å². The molecule has 1 atom stereocenters. The van der Waals surface area contributed by atoms with Gasteiger partial charge in [0.2, 0.25) is 0 Å². The summed E-state index contributed by atoms with van der Waals surface area (Å²) in [6.07, 6.45) is 1.21. The molecule has 1 heterocycles. The molecule has 15 heavy (non-hydrogen) atoms. The minimum absolute atomic E-state index is 0.360. The lowest BCUT2D eigenvalue weighted by Gasteiger charge is -2.18. The third kappa shape index (κ3) is 4.34. The highest BCUT2D eigenvalue weighted by Gasteiger charge is 2.08. The van der Waals surface area contributed by atoms with Crippen LogP contribution in [0.3, 0.4) is 0 Å². The molecule has 0 saturated carbocycles. The number of nitrogens with zero attached hydrogens (tertiary/aromatic N) is 2. The van der Waals surface area contributed by atoms with Gasteiger partial charge in [0.1, 0.15) is 0 Å². The zero-order valence-electron chi connectivity index (χ0n) is 8.74. The van der Waals surface area contributed by atoms with Gasteiger partial charge in [-0.1, -0.05) is 23.2 Å². The summed E-state index contributed by atoms with van der Waals surface area (Å²) in [6, 6.07) is 1.67. The van der Waals surface area contributed by atoms with Crippen molar-refractivity contribution in [1.29, 1.82) is 0 Å². The van der Waals surface area contributed by atoms with Crippen molar-refractivity contribution in [3.05, 3.63) is 28.0 Å². The van der Waals surface area contributed by atoms with Gasteiger partial charge in [-0.2, -0.15) is 0 Å². The second-order valence-electron chi connectivity index (χ2n) is 3.63. The normalized spacial score (nSPS) is 13.2. The summed E-state index contributed by atoms with van der Waals surface area (Å²) in [4.78, 5) is 6.09. The SMILES string of the molecule is CC(O)CN(C)Cc1ncc(Cl)cc1Cl. The molecule has 1 N–H and O–H groups in total. The fourth-order valence-electron chi connectivity index (χ4n) is 1.33. The highest BCUT2D eigenvalue weighted by atomic mass is 35.5.